The summed E-state index contributed by atoms with van der Waals surface area (Å²) in [4.78, 5) is 37.8. The van der Waals surface area contributed by atoms with Crippen molar-refractivity contribution in [1.29, 1.82) is 0 Å². The predicted octanol–water partition coefficient (Wildman–Crippen LogP) is 15.5. The predicted molar refractivity (Wildman–Crippen MR) is 265 cm³/mol. The molecular formula is C56H82O6. The molecule has 0 N–H and O–H groups in total. The summed E-state index contributed by atoms with van der Waals surface area (Å²) in [6.07, 6.45) is 70.7. The molecule has 0 radical (unpaired) electrons. The maximum Gasteiger partial charge on any atom is 0.306 e. The summed E-state index contributed by atoms with van der Waals surface area (Å²) in [7, 11) is 0. The molecule has 62 heavy (non-hydrogen) atoms. The number of allylic oxidation sites excluding steroid dienone is 26. The summed E-state index contributed by atoms with van der Waals surface area (Å²) in [6.45, 7) is 6.17. The van der Waals surface area contributed by atoms with Crippen LogP contribution in [0.4, 0.5) is 0 Å². The van der Waals surface area contributed by atoms with Crippen molar-refractivity contribution in [2.75, 3.05) is 13.2 Å². The summed E-state index contributed by atoms with van der Waals surface area (Å²) < 4.78 is 16.6. The molecule has 6 heteroatoms. The number of hydrogen-bond donors (Lipinski definition) is 0. The minimum atomic E-state index is -0.831. The lowest BCUT2D eigenvalue weighted by Gasteiger charge is -2.18. The van der Waals surface area contributed by atoms with E-state index in [1.165, 1.54) is 12.8 Å². The maximum absolute atomic E-state index is 12.8. The zero-order chi connectivity index (χ0) is 45.1. The fourth-order valence-electron chi connectivity index (χ4n) is 5.54. The zero-order valence-corrected chi connectivity index (χ0v) is 38.8. The van der Waals surface area contributed by atoms with Crippen molar-refractivity contribution in [3.63, 3.8) is 0 Å². The molecule has 0 aromatic rings. The first-order valence-electron chi connectivity index (χ1n) is 23.7. The molecule has 6 nitrogen and oxygen atoms in total. The van der Waals surface area contributed by atoms with E-state index in [1.807, 2.05) is 122 Å². The van der Waals surface area contributed by atoms with Gasteiger partial charge < -0.3 is 14.2 Å². The van der Waals surface area contributed by atoms with E-state index in [0.29, 0.717) is 19.3 Å². The molecule has 0 heterocycles. The summed E-state index contributed by atoms with van der Waals surface area (Å²) in [5.74, 6) is -1.05. The van der Waals surface area contributed by atoms with E-state index in [1.54, 1.807) is 0 Å². The minimum Gasteiger partial charge on any atom is -0.462 e. The Hall–Kier alpha value is -4.97. The number of hydrogen-bond acceptors (Lipinski definition) is 6. The number of rotatable bonds is 39. The van der Waals surface area contributed by atoms with Crippen molar-refractivity contribution in [1.82, 2.24) is 0 Å². The van der Waals surface area contributed by atoms with E-state index in [2.05, 4.69) is 57.2 Å². The van der Waals surface area contributed by atoms with Crippen molar-refractivity contribution in [2.24, 2.45) is 0 Å². The second-order valence-corrected chi connectivity index (χ2v) is 14.9. The van der Waals surface area contributed by atoms with Crippen molar-refractivity contribution in [2.45, 2.75) is 162 Å². The van der Waals surface area contributed by atoms with Gasteiger partial charge in [0.25, 0.3) is 0 Å². The molecule has 0 saturated carbocycles. The third-order valence-corrected chi connectivity index (χ3v) is 9.07. The monoisotopic (exact) mass is 851 g/mol. The fraction of sp³-hybridized carbons (Fsp3) is 0.482. The first kappa shape index (κ1) is 57.0. The lowest BCUT2D eigenvalue weighted by atomic mass is 10.1. The van der Waals surface area contributed by atoms with Crippen molar-refractivity contribution in [3.05, 3.63) is 158 Å². The molecule has 0 aromatic carbocycles. The molecule has 0 saturated heterocycles. The first-order chi connectivity index (χ1) is 30.5. The van der Waals surface area contributed by atoms with Crippen LogP contribution >= 0.6 is 0 Å². The van der Waals surface area contributed by atoms with E-state index in [0.717, 1.165) is 89.9 Å². The van der Waals surface area contributed by atoms with Gasteiger partial charge in [0.2, 0.25) is 0 Å². The summed E-state index contributed by atoms with van der Waals surface area (Å²) in [5.41, 5.74) is 0. The molecule has 0 bridgehead atoms. The number of ether oxygens (including phenoxy) is 3. The van der Waals surface area contributed by atoms with Gasteiger partial charge in [-0.05, 0) is 77.0 Å². The van der Waals surface area contributed by atoms with Crippen LogP contribution in [-0.4, -0.2) is 37.2 Å². The van der Waals surface area contributed by atoms with Gasteiger partial charge in [0.15, 0.2) is 6.10 Å². The van der Waals surface area contributed by atoms with Gasteiger partial charge in [0, 0.05) is 19.3 Å². The Morgan fingerprint density at radius 3 is 1.03 bits per heavy atom. The van der Waals surface area contributed by atoms with E-state index in [-0.39, 0.29) is 44.0 Å². The number of esters is 3. The van der Waals surface area contributed by atoms with Gasteiger partial charge in [-0.3, -0.25) is 14.4 Å². The molecule has 0 spiro atoms. The average molecular weight is 851 g/mol. The summed E-state index contributed by atoms with van der Waals surface area (Å²) in [5, 5.41) is 0. The lowest BCUT2D eigenvalue weighted by molar-refractivity contribution is -0.167. The Labute approximate surface area is 378 Å². The van der Waals surface area contributed by atoms with Gasteiger partial charge in [-0.15, -0.1) is 0 Å². The Bertz CT molecular complexity index is 1490. The number of carbonyl (C=O) groups excluding carboxylic acids is 3. The summed E-state index contributed by atoms with van der Waals surface area (Å²) >= 11 is 0. The van der Waals surface area contributed by atoms with Crippen LogP contribution in [0, 0.1) is 0 Å². The zero-order valence-electron chi connectivity index (χ0n) is 38.8. The van der Waals surface area contributed by atoms with Gasteiger partial charge >= 0.3 is 17.9 Å². The maximum atomic E-state index is 12.8. The van der Waals surface area contributed by atoms with Gasteiger partial charge in [0.05, 0.1) is 0 Å². The van der Waals surface area contributed by atoms with Crippen LogP contribution in [-0.2, 0) is 28.6 Å². The second kappa shape index (κ2) is 48.7. The highest BCUT2D eigenvalue weighted by Gasteiger charge is 2.19. The van der Waals surface area contributed by atoms with Crippen molar-refractivity contribution < 1.29 is 28.6 Å². The van der Waals surface area contributed by atoms with Crippen LogP contribution in [0.3, 0.4) is 0 Å². The lowest BCUT2D eigenvalue weighted by Crippen LogP contribution is -2.30. The smallest absolute Gasteiger partial charge is 0.306 e. The van der Waals surface area contributed by atoms with Crippen LogP contribution in [0.1, 0.15) is 156 Å². The molecule has 1 unspecified atom stereocenters. The highest BCUT2D eigenvalue weighted by Crippen LogP contribution is 2.11. The molecule has 1 atom stereocenters. The van der Waals surface area contributed by atoms with Crippen LogP contribution in [0.5, 0.6) is 0 Å². The molecule has 0 rings (SSSR count). The highest BCUT2D eigenvalue weighted by molar-refractivity contribution is 5.71. The Balaban J connectivity index is 4.62. The van der Waals surface area contributed by atoms with Gasteiger partial charge in [-0.25, -0.2) is 0 Å². The highest BCUT2D eigenvalue weighted by atomic mass is 16.6. The minimum absolute atomic E-state index is 0.126. The molecule has 0 aliphatic rings. The fourth-order valence-corrected chi connectivity index (χ4v) is 5.54. The first-order valence-corrected chi connectivity index (χ1v) is 23.7. The standard InChI is InChI=1S/C56H82O6/c1-4-7-10-13-16-19-22-24-26-28-30-32-34-37-40-43-46-49-55(58)61-52-53(51-60-54(57)48-45-42-39-36-21-18-15-12-9-6-3)62-56(59)50-47-44-41-38-35-33-31-29-27-25-23-20-17-14-11-8-5-2/h7-8,10-11,13-20,22-35,53H,4-6,9,12,21,36-52H2,1-3H3/b10-7-,11-8-,16-13-,17-14-,18-15-,22-19-,23-20-,26-24-,27-25-,30-28+,31-29+,34-32-,35-33-. The number of carbonyl (C=O) groups is 3. The Morgan fingerprint density at radius 2 is 0.645 bits per heavy atom. The van der Waals surface area contributed by atoms with Crippen LogP contribution in [0.2, 0.25) is 0 Å². The molecule has 0 amide bonds. The molecule has 0 fully saturated rings. The largest absolute Gasteiger partial charge is 0.462 e. The number of unbranched alkanes of at least 4 members (excludes halogenated alkanes) is 12. The summed E-state index contributed by atoms with van der Waals surface area (Å²) in [6, 6.07) is 0. The van der Waals surface area contributed by atoms with Crippen LogP contribution < -0.4 is 0 Å². The third-order valence-electron chi connectivity index (χ3n) is 9.07. The third kappa shape index (κ3) is 46.1. The van der Waals surface area contributed by atoms with Gasteiger partial charge in [-0.2, -0.15) is 0 Å². The molecule has 0 aliphatic carbocycles. The topological polar surface area (TPSA) is 78.9 Å². The van der Waals surface area contributed by atoms with E-state index >= 15 is 0 Å². The molecular weight excluding hydrogens is 769 g/mol. The normalized spacial score (nSPS) is 13.5. The second-order valence-electron chi connectivity index (χ2n) is 14.9. The van der Waals surface area contributed by atoms with Crippen molar-refractivity contribution >= 4 is 17.9 Å². The molecule has 0 aromatic heterocycles. The van der Waals surface area contributed by atoms with E-state index < -0.39 is 6.10 Å². The van der Waals surface area contributed by atoms with E-state index in [9.17, 15) is 14.4 Å². The van der Waals surface area contributed by atoms with Gasteiger partial charge in [-0.1, -0.05) is 217 Å². The van der Waals surface area contributed by atoms with Crippen LogP contribution in [0.25, 0.3) is 0 Å². The average Bonchev–Trinajstić information content (AvgIpc) is 3.27. The Kier molecular flexibility index (Phi) is 44.8. The van der Waals surface area contributed by atoms with Crippen molar-refractivity contribution in [3.8, 4) is 0 Å². The van der Waals surface area contributed by atoms with Crippen LogP contribution in [0.15, 0.2) is 158 Å². The van der Waals surface area contributed by atoms with Gasteiger partial charge in [0.1, 0.15) is 13.2 Å². The SMILES string of the molecule is CC\C=C/C=C\C=C/C=C\C=C\C=C/CCCCCC(=O)OCC(COC(=O)CCCCCC/C=C\CCCC)OC(=O)CCCCC\C=C/C=C/C=C\C=C/C=C\C=C/CC. The van der Waals surface area contributed by atoms with E-state index in [4.69, 9.17) is 14.2 Å². The Morgan fingerprint density at radius 1 is 0.339 bits per heavy atom. The molecule has 0 aliphatic heterocycles. The molecule has 342 valence electrons. The quantitative estimate of drug-likeness (QED) is 0.0202.